The Bertz CT molecular complexity index is 818. The van der Waals surface area contributed by atoms with Crippen LogP contribution < -0.4 is 5.73 Å². The summed E-state index contributed by atoms with van der Waals surface area (Å²) in [4.78, 5) is 12.3. The summed E-state index contributed by atoms with van der Waals surface area (Å²) in [6, 6.07) is 2.37. The molecule has 0 amide bonds. The smallest absolute Gasteiger partial charge is 0.154 e. The highest BCUT2D eigenvalue weighted by Crippen LogP contribution is 2.46. The number of benzene rings is 1. The van der Waals surface area contributed by atoms with E-state index in [2.05, 4.69) is 15.0 Å². The Hall–Kier alpha value is -2.06. The molecule has 1 aromatic heterocycles. The standard InChI is InChI=1S/C16H14F2N4OS.CH4/c17-13-2-14(18)12(1-11(13)9-3-20-8-21-4-9)16-7-23-5-10(16)6-24-15(19)22-16;/h1-4,8,10H,5-7H2,(H2,19,22);1H4/t10-,16-;/m0./s1. The van der Waals surface area contributed by atoms with E-state index in [0.29, 0.717) is 28.7 Å². The van der Waals surface area contributed by atoms with Crippen LogP contribution in [-0.2, 0) is 10.3 Å². The summed E-state index contributed by atoms with van der Waals surface area (Å²) < 4.78 is 34.5. The van der Waals surface area contributed by atoms with Crippen molar-refractivity contribution in [1.29, 1.82) is 0 Å². The Kier molecular flexibility index (Phi) is 4.75. The van der Waals surface area contributed by atoms with Crippen LogP contribution in [0.25, 0.3) is 11.1 Å². The molecule has 5 nitrogen and oxygen atoms in total. The van der Waals surface area contributed by atoms with E-state index in [-0.39, 0.29) is 25.5 Å². The number of aromatic nitrogens is 2. The van der Waals surface area contributed by atoms with Crippen LogP contribution in [0.3, 0.4) is 0 Å². The molecule has 0 radical (unpaired) electrons. The van der Waals surface area contributed by atoms with E-state index in [1.165, 1.54) is 36.5 Å². The van der Waals surface area contributed by atoms with Crippen molar-refractivity contribution in [3.05, 3.63) is 48.1 Å². The molecule has 2 atom stereocenters. The zero-order valence-electron chi connectivity index (χ0n) is 12.6. The van der Waals surface area contributed by atoms with Crippen LogP contribution >= 0.6 is 11.8 Å². The van der Waals surface area contributed by atoms with Gasteiger partial charge < -0.3 is 10.5 Å². The second-order valence-electron chi connectivity index (χ2n) is 5.84. The maximum atomic E-state index is 14.6. The highest BCUT2D eigenvalue weighted by Gasteiger charge is 2.49. The Morgan fingerprint density at radius 1 is 1.20 bits per heavy atom. The largest absolute Gasteiger partial charge is 0.379 e. The molecule has 132 valence electrons. The predicted octanol–water partition coefficient (Wildman–Crippen LogP) is 2.96. The summed E-state index contributed by atoms with van der Waals surface area (Å²) in [7, 11) is 0. The lowest BCUT2D eigenvalue weighted by Gasteiger charge is -2.34. The SMILES string of the molecule is C.NC1=N[C@@]2(c3cc(-c4cncnc4)c(F)cc3F)COC[C@H]2CS1. The van der Waals surface area contributed by atoms with Crippen molar-refractivity contribution in [3.8, 4) is 11.1 Å². The molecule has 2 aliphatic heterocycles. The van der Waals surface area contributed by atoms with Gasteiger partial charge in [0.2, 0.25) is 0 Å². The lowest BCUT2D eigenvalue weighted by molar-refractivity contribution is 0.176. The van der Waals surface area contributed by atoms with E-state index in [1.54, 1.807) is 0 Å². The topological polar surface area (TPSA) is 73.4 Å². The number of thioether (sulfide) groups is 1. The summed E-state index contributed by atoms with van der Waals surface area (Å²) in [6.07, 6.45) is 4.33. The van der Waals surface area contributed by atoms with E-state index < -0.39 is 17.2 Å². The number of fused-ring (bicyclic) bond motifs is 1. The molecule has 2 aromatic rings. The number of halogens is 2. The fourth-order valence-corrected chi connectivity index (χ4v) is 4.21. The molecule has 2 N–H and O–H groups in total. The van der Waals surface area contributed by atoms with E-state index in [4.69, 9.17) is 10.5 Å². The zero-order chi connectivity index (χ0) is 16.7. The van der Waals surface area contributed by atoms with E-state index in [9.17, 15) is 8.78 Å². The van der Waals surface area contributed by atoms with Gasteiger partial charge in [-0.05, 0) is 6.07 Å². The van der Waals surface area contributed by atoms with Gasteiger partial charge in [-0.1, -0.05) is 19.2 Å². The number of nitrogens with two attached hydrogens (primary N) is 1. The number of rotatable bonds is 2. The third kappa shape index (κ3) is 2.89. The van der Waals surface area contributed by atoms with Crippen LogP contribution in [0.1, 0.15) is 13.0 Å². The molecule has 4 rings (SSSR count). The van der Waals surface area contributed by atoms with Gasteiger partial charge in [0.1, 0.15) is 23.5 Å². The van der Waals surface area contributed by atoms with Gasteiger partial charge >= 0.3 is 0 Å². The van der Waals surface area contributed by atoms with Gasteiger partial charge in [0.05, 0.1) is 13.2 Å². The van der Waals surface area contributed by atoms with E-state index >= 15 is 0 Å². The normalized spacial score (nSPS) is 25.0. The van der Waals surface area contributed by atoms with Gasteiger partial charge in [-0.2, -0.15) is 0 Å². The monoisotopic (exact) mass is 364 g/mol. The molecule has 0 saturated carbocycles. The maximum Gasteiger partial charge on any atom is 0.154 e. The first kappa shape index (κ1) is 17.8. The van der Waals surface area contributed by atoms with E-state index in [1.807, 2.05) is 0 Å². The molecule has 8 heteroatoms. The second kappa shape index (κ2) is 6.68. The molecule has 3 heterocycles. The van der Waals surface area contributed by atoms with Crippen LogP contribution in [0.5, 0.6) is 0 Å². The molecule has 1 aromatic carbocycles. The minimum Gasteiger partial charge on any atom is -0.379 e. The first-order valence-corrected chi connectivity index (χ1v) is 8.39. The van der Waals surface area contributed by atoms with Gasteiger partial charge in [0, 0.05) is 46.8 Å². The number of hydrogen-bond acceptors (Lipinski definition) is 6. The second-order valence-corrected chi connectivity index (χ2v) is 6.88. The van der Waals surface area contributed by atoms with Crippen molar-refractivity contribution in [2.45, 2.75) is 13.0 Å². The lowest BCUT2D eigenvalue weighted by Crippen LogP contribution is -2.40. The molecular weight excluding hydrogens is 346 g/mol. The van der Waals surface area contributed by atoms with Crippen molar-refractivity contribution in [2.75, 3.05) is 19.0 Å². The Balaban J connectivity index is 0.00000182. The molecule has 0 bridgehead atoms. The molecule has 25 heavy (non-hydrogen) atoms. The molecule has 1 fully saturated rings. The number of hydrogen-bond donors (Lipinski definition) is 1. The van der Waals surface area contributed by atoms with E-state index in [0.717, 1.165) is 6.07 Å². The summed E-state index contributed by atoms with van der Waals surface area (Å²) in [5.41, 5.74) is 5.99. The fraction of sp³-hybridized carbons (Fsp3) is 0.353. The maximum absolute atomic E-state index is 14.6. The van der Waals surface area contributed by atoms with Gasteiger partial charge in [-0.15, -0.1) is 0 Å². The highest BCUT2D eigenvalue weighted by molar-refractivity contribution is 8.13. The van der Waals surface area contributed by atoms with Crippen LogP contribution in [-0.4, -0.2) is 34.1 Å². The van der Waals surface area contributed by atoms with Crippen molar-refractivity contribution in [3.63, 3.8) is 0 Å². The third-order valence-corrected chi connectivity index (χ3v) is 5.41. The summed E-state index contributed by atoms with van der Waals surface area (Å²) in [5.74, 6) is -0.627. The third-order valence-electron chi connectivity index (χ3n) is 4.45. The van der Waals surface area contributed by atoms with Crippen LogP contribution in [0.2, 0.25) is 0 Å². The molecule has 0 aliphatic carbocycles. The average Bonchev–Trinajstić information content (AvgIpc) is 2.99. The van der Waals surface area contributed by atoms with Crippen molar-refractivity contribution in [1.82, 2.24) is 9.97 Å². The Labute approximate surface area is 148 Å². The highest BCUT2D eigenvalue weighted by atomic mass is 32.2. The summed E-state index contributed by atoms with van der Waals surface area (Å²) >= 11 is 1.43. The summed E-state index contributed by atoms with van der Waals surface area (Å²) in [5, 5.41) is 0.394. The minimum absolute atomic E-state index is 0. The van der Waals surface area contributed by atoms with Gasteiger partial charge in [0.15, 0.2) is 5.17 Å². The van der Waals surface area contributed by atoms with Crippen molar-refractivity contribution < 1.29 is 13.5 Å². The number of ether oxygens (including phenoxy) is 1. The van der Waals surface area contributed by atoms with Crippen LogP contribution in [0.4, 0.5) is 8.78 Å². The Morgan fingerprint density at radius 3 is 2.72 bits per heavy atom. The molecule has 1 saturated heterocycles. The average molecular weight is 364 g/mol. The summed E-state index contributed by atoms with van der Waals surface area (Å²) in [6.45, 7) is 0.705. The van der Waals surface area contributed by atoms with Crippen molar-refractivity contribution in [2.24, 2.45) is 16.6 Å². The molecule has 2 aliphatic rings. The van der Waals surface area contributed by atoms with Gasteiger partial charge in [0.25, 0.3) is 0 Å². The van der Waals surface area contributed by atoms with Gasteiger partial charge in [-0.3, -0.25) is 0 Å². The first-order valence-electron chi connectivity index (χ1n) is 7.41. The number of nitrogens with zero attached hydrogens (tertiary/aromatic N) is 3. The quantitative estimate of drug-likeness (QED) is 0.887. The minimum atomic E-state index is -0.905. The fourth-order valence-electron chi connectivity index (χ4n) is 3.23. The number of aliphatic imine (C=N–C) groups is 1. The molecule has 0 spiro atoms. The number of amidine groups is 1. The van der Waals surface area contributed by atoms with Crippen LogP contribution in [0, 0.1) is 17.6 Å². The molecule has 0 unspecified atom stereocenters. The zero-order valence-corrected chi connectivity index (χ0v) is 13.4. The predicted molar refractivity (Wildman–Crippen MR) is 94.2 cm³/mol. The molecular formula is C17H18F2N4OS. The Morgan fingerprint density at radius 2 is 1.96 bits per heavy atom. The first-order chi connectivity index (χ1) is 11.6. The van der Waals surface area contributed by atoms with Crippen LogP contribution in [0.15, 0.2) is 35.8 Å². The lowest BCUT2D eigenvalue weighted by atomic mass is 9.80. The van der Waals surface area contributed by atoms with Crippen molar-refractivity contribution >= 4 is 16.9 Å². The van der Waals surface area contributed by atoms with Gasteiger partial charge in [-0.25, -0.2) is 23.7 Å².